The Morgan fingerprint density at radius 2 is 1.96 bits per heavy atom. The summed E-state index contributed by atoms with van der Waals surface area (Å²) in [5.41, 5.74) is 0.728. The second-order valence-electron chi connectivity index (χ2n) is 7.38. The van der Waals surface area contributed by atoms with Gasteiger partial charge in [0, 0.05) is 18.7 Å². The normalized spacial score (nSPS) is 22.5. The van der Waals surface area contributed by atoms with Gasteiger partial charge in [-0.2, -0.15) is 0 Å². The van der Waals surface area contributed by atoms with Gasteiger partial charge in [0.15, 0.2) is 5.82 Å². The fourth-order valence-corrected chi connectivity index (χ4v) is 5.23. The van der Waals surface area contributed by atoms with Gasteiger partial charge in [-0.3, -0.25) is 4.79 Å². The van der Waals surface area contributed by atoms with Crippen LogP contribution >= 0.6 is 23.4 Å². The first-order valence-corrected chi connectivity index (χ1v) is 10.9. The van der Waals surface area contributed by atoms with Gasteiger partial charge in [-0.1, -0.05) is 54.8 Å². The van der Waals surface area contributed by atoms with Crippen LogP contribution in [0.25, 0.3) is 11.4 Å². The molecular formula is C19H24ClN5OS. The highest BCUT2D eigenvalue weighted by Gasteiger charge is 2.32. The number of nitrogens with zero attached hydrogens (tertiary/aromatic N) is 4. The Kier molecular flexibility index (Phi) is 5.59. The maximum absolute atomic E-state index is 12.7. The Balaban J connectivity index is 1.38. The van der Waals surface area contributed by atoms with Crippen LogP contribution in [0.4, 0.5) is 0 Å². The first-order chi connectivity index (χ1) is 13.1. The lowest BCUT2D eigenvalue weighted by Gasteiger charge is -2.41. The Morgan fingerprint density at radius 1 is 1.19 bits per heavy atom. The maximum Gasteiger partial charge on any atom is 0.233 e. The molecule has 1 aromatic carbocycles. The van der Waals surface area contributed by atoms with Crippen molar-refractivity contribution in [3.63, 3.8) is 0 Å². The number of benzene rings is 1. The maximum atomic E-state index is 12.7. The van der Waals surface area contributed by atoms with Crippen molar-refractivity contribution in [1.29, 1.82) is 0 Å². The van der Waals surface area contributed by atoms with Crippen molar-refractivity contribution in [1.82, 2.24) is 19.8 Å². The summed E-state index contributed by atoms with van der Waals surface area (Å²) in [6.07, 6.45) is 6.40. The van der Waals surface area contributed by atoms with E-state index in [9.17, 15) is 4.79 Å². The molecule has 27 heavy (non-hydrogen) atoms. The molecule has 1 aromatic heterocycles. The first kappa shape index (κ1) is 18.6. The largest absolute Gasteiger partial charge is 0.342 e. The number of nitrogens with two attached hydrogens (primary N) is 1. The minimum absolute atomic E-state index is 0.159. The second kappa shape index (κ2) is 8.10. The van der Waals surface area contributed by atoms with E-state index < -0.39 is 0 Å². The van der Waals surface area contributed by atoms with Crippen molar-refractivity contribution in [2.24, 2.45) is 11.8 Å². The molecule has 0 bridgehead atoms. The van der Waals surface area contributed by atoms with E-state index >= 15 is 0 Å². The summed E-state index contributed by atoms with van der Waals surface area (Å²) in [6, 6.07) is 7.37. The summed E-state index contributed by atoms with van der Waals surface area (Å²) in [4.78, 5) is 14.7. The Hall–Kier alpha value is -1.73. The topological polar surface area (TPSA) is 77.0 Å². The van der Waals surface area contributed by atoms with Crippen molar-refractivity contribution < 1.29 is 4.79 Å². The number of hydrogen-bond acceptors (Lipinski definition) is 5. The van der Waals surface area contributed by atoms with Gasteiger partial charge in [-0.25, -0.2) is 4.68 Å². The molecule has 144 valence electrons. The van der Waals surface area contributed by atoms with Crippen LogP contribution < -0.4 is 5.84 Å². The standard InChI is InChI=1S/C19H24ClN5OS/c20-16-8-4-3-7-15(16)18-22-23-19(25(18)21)27-12-17(26)24-10-9-13-5-1-2-6-14(13)11-24/h3-4,7-8,13-14H,1-2,5-6,9-12,21H2/t13-,14+/m1/s1. The lowest BCUT2D eigenvalue weighted by Crippen LogP contribution is -2.45. The Bertz CT molecular complexity index is 826. The average molecular weight is 406 g/mol. The number of aromatic nitrogens is 3. The van der Waals surface area contributed by atoms with E-state index in [1.165, 1.54) is 42.1 Å². The third-order valence-corrected chi connectivity index (χ3v) is 7.01. The molecule has 2 aliphatic rings. The lowest BCUT2D eigenvalue weighted by atomic mass is 9.75. The smallest absolute Gasteiger partial charge is 0.233 e. The molecule has 2 N–H and O–H groups in total. The number of carbonyl (C=O) groups excluding carboxylic acids is 1. The summed E-state index contributed by atoms with van der Waals surface area (Å²) < 4.78 is 1.41. The molecule has 1 amide bonds. The zero-order valence-corrected chi connectivity index (χ0v) is 16.8. The predicted octanol–water partition coefficient (Wildman–Crippen LogP) is 3.44. The van der Waals surface area contributed by atoms with E-state index in [0.717, 1.165) is 31.0 Å². The van der Waals surface area contributed by atoms with E-state index in [-0.39, 0.29) is 5.91 Å². The van der Waals surface area contributed by atoms with Gasteiger partial charge < -0.3 is 10.7 Å². The molecule has 0 unspecified atom stereocenters. The number of carbonyl (C=O) groups is 1. The van der Waals surface area contributed by atoms with Gasteiger partial charge in [-0.05, 0) is 36.8 Å². The molecule has 2 aromatic rings. The van der Waals surface area contributed by atoms with Gasteiger partial charge in [0.2, 0.25) is 11.1 Å². The number of amides is 1. The van der Waals surface area contributed by atoms with Crippen LogP contribution in [0.3, 0.4) is 0 Å². The molecule has 1 saturated heterocycles. The molecule has 2 heterocycles. The number of fused-ring (bicyclic) bond motifs is 1. The van der Waals surface area contributed by atoms with Crippen LogP contribution in [0.1, 0.15) is 32.1 Å². The van der Waals surface area contributed by atoms with E-state index in [1.807, 2.05) is 23.1 Å². The highest BCUT2D eigenvalue weighted by Crippen LogP contribution is 2.36. The zero-order chi connectivity index (χ0) is 18.8. The number of thioether (sulfide) groups is 1. The Morgan fingerprint density at radius 3 is 2.78 bits per heavy atom. The van der Waals surface area contributed by atoms with Crippen LogP contribution in [0.5, 0.6) is 0 Å². The van der Waals surface area contributed by atoms with Crippen LogP contribution in [-0.2, 0) is 4.79 Å². The fraction of sp³-hybridized carbons (Fsp3) is 0.526. The molecule has 8 heteroatoms. The fourth-order valence-electron chi connectivity index (χ4n) is 4.25. The molecule has 0 radical (unpaired) electrons. The summed E-state index contributed by atoms with van der Waals surface area (Å²) in [6.45, 7) is 1.78. The van der Waals surface area contributed by atoms with Crippen LogP contribution in [-0.4, -0.2) is 44.5 Å². The molecule has 0 spiro atoms. The van der Waals surface area contributed by atoms with E-state index in [2.05, 4.69) is 10.2 Å². The predicted molar refractivity (Wildman–Crippen MR) is 108 cm³/mol. The van der Waals surface area contributed by atoms with E-state index in [1.54, 1.807) is 6.07 Å². The third-order valence-electron chi connectivity index (χ3n) is 5.75. The number of nitrogen functional groups attached to an aromatic ring is 1. The van der Waals surface area contributed by atoms with Crippen LogP contribution in [0, 0.1) is 11.8 Å². The van der Waals surface area contributed by atoms with Gasteiger partial charge in [0.1, 0.15) is 0 Å². The van der Waals surface area contributed by atoms with Gasteiger partial charge in [0.05, 0.1) is 10.8 Å². The zero-order valence-electron chi connectivity index (χ0n) is 15.2. The molecule has 1 aliphatic heterocycles. The molecule has 4 rings (SSSR count). The van der Waals surface area contributed by atoms with Gasteiger partial charge in [0.25, 0.3) is 0 Å². The van der Waals surface area contributed by atoms with E-state index in [4.69, 9.17) is 17.4 Å². The monoisotopic (exact) mass is 405 g/mol. The average Bonchev–Trinajstić information content (AvgIpc) is 3.06. The van der Waals surface area contributed by atoms with Gasteiger partial charge >= 0.3 is 0 Å². The Labute approximate surface area is 168 Å². The van der Waals surface area contributed by atoms with Crippen molar-refractivity contribution >= 4 is 29.3 Å². The number of piperidine rings is 1. The van der Waals surface area contributed by atoms with Crippen molar-refractivity contribution in [2.75, 3.05) is 24.7 Å². The molecule has 6 nitrogen and oxygen atoms in total. The number of likely N-dealkylation sites (tertiary alicyclic amines) is 1. The molecular weight excluding hydrogens is 382 g/mol. The number of halogens is 1. The second-order valence-corrected chi connectivity index (χ2v) is 8.73. The van der Waals surface area contributed by atoms with Gasteiger partial charge in [-0.15, -0.1) is 10.2 Å². The summed E-state index contributed by atoms with van der Waals surface area (Å²) >= 11 is 7.55. The molecule has 1 saturated carbocycles. The first-order valence-electron chi connectivity index (χ1n) is 9.49. The van der Waals surface area contributed by atoms with Crippen LogP contribution in [0.15, 0.2) is 29.4 Å². The summed E-state index contributed by atoms with van der Waals surface area (Å²) in [5.74, 6) is 8.64. The minimum Gasteiger partial charge on any atom is -0.342 e. The van der Waals surface area contributed by atoms with Crippen molar-refractivity contribution in [3.05, 3.63) is 29.3 Å². The number of hydrogen-bond donors (Lipinski definition) is 1. The third kappa shape index (κ3) is 3.94. The number of rotatable bonds is 4. The molecule has 2 fully saturated rings. The molecule has 1 aliphatic carbocycles. The quantitative estimate of drug-likeness (QED) is 0.622. The van der Waals surface area contributed by atoms with Crippen molar-refractivity contribution in [2.45, 2.75) is 37.3 Å². The van der Waals surface area contributed by atoms with E-state index in [0.29, 0.717) is 27.7 Å². The highest BCUT2D eigenvalue weighted by molar-refractivity contribution is 7.99. The highest BCUT2D eigenvalue weighted by atomic mass is 35.5. The molecule has 2 atom stereocenters. The minimum atomic E-state index is 0.159. The summed E-state index contributed by atoms with van der Waals surface area (Å²) in [7, 11) is 0. The van der Waals surface area contributed by atoms with Crippen LogP contribution in [0.2, 0.25) is 5.02 Å². The summed E-state index contributed by atoms with van der Waals surface area (Å²) in [5, 5.41) is 9.37. The lowest BCUT2D eigenvalue weighted by molar-refractivity contribution is -0.131. The SMILES string of the molecule is Nn1c(SCC(=O)N2CC[C@H]3CCCC[C@H]3C2)nnc1-c1ccccc1Cl. The van der Waals surface area contributed by atoms with Crippen molar-refractivity contribution in [3.8, 4) is 11.4 Å².